The second kappa shape index (κ2) is 9.36. The van der Waals surface area contributed by atoms with Crippen LogP contribution in [0.5, 0.6) is 0 Å². The van der Waals surface area contributed by atoms with Crippen molar-refractivity contribution in [1.29, 1.82) is 0 Å². The molecule has 0 N–H and O–H groups in total. The van der Waals surface area contributed by atoms with Gasteiger partial charge in [-0.05, 0) is 25.1 Å². The van der Waals surface area contributed by atoms with Crippen LogP contribution in [0.3, 0.4) is 0 Å². The molecule has 0 saturated carbocycles. The van der Waals surface area contributed by atoms with Crippen molar-refractivity contribution in [1.82, 2.24) is 19.9 Å². The van der Waals surface area contributed by atoms with Gasteiger partial charge in [0.15, 0.2) is 0 Å². The maximum absolute atomic E-state index is 13.0. The molecule has 1 unspecified atom stereocenters. The summed E-state index contributed by atoms with van der Waals surface area (Å²) in [6.07, 6.45) is -2.97. The number of hydrogen-bond donors (Lipinski definition) is 0. The van der Waals surface area contributed by atoms with E-state index in [0.29, 0.717) is 36.8 Å². The maximum Gasteiger partial charge on any atom is 0.416 e. The zero-order valence-corrected chi connectivity index (χ0v) is 18.1. The van der Waals surface area contributed by atoms with Crippen LogP contribution in [-0.4, -0.2) is 59.2 Å². The second-order valence-electron chi connectivity index (χ2n) is 7.77. The van der Waals surface area contributed by atoms with Crippen LogP contribution in [0.25, 0.3) is 11.4 Å². The molecule has 1 fully saturated rings. The van der Waals surface area contributed by atoms with Gasteiger partial charge in [0.1, 0.15) is 11.3 Å². The molecule has 1 atom stereocenters. The molecule has 1 aromatic carbocycles. The molecule has 11 heteroatoms. The van der Waals surface area contributed by atoms with Crippen molar-refractivity contribution in [2.24, 2.45) is 0 Å². The Morgan fingerprint density at radius 1 is 1.21 bits per heavy atom. The van der Waals surface area contributed by atoms with Crippen LogP contribution < -0.4 is 0 Å². The molecule has 2 aromatic heterocycles. The molecule has 33 heavy (non-hydrogen) atoms. The van der Waals surface area contributed by atoms with E-state index in [1.165, 1.54) is 25.5 Å². The molecule has 0 aliphatic carbocycles. The van der Waals surface area contributed by atoms with E-state index in [1.54, 1.807) is 6.07 Å². The van der Waals surface area contributed by atoms with Gasteiger partial charge in [0.2, 0.25) is 11.7 Å². The van der Waals surface area contributed by atoms with E-state index < -0.39 is 17.7 Å². The lowest BCUT2D eigenvalue weighted by molar-refractivity contribution is -0.137. The SMILES string of the molecule is COC(=O)c1ccoc1CN1CCN(C(C)c2nc(-c3cccc(C(F)(F)F)c3)no2)CC1. The van der Waals surface area contributed by atoms with Gasteiger partial charge in [0.25, 0.3) is 0 Å². The van der Waals surface area contributed by atoms with Crippen LogP contribution in [-0.2, 0) is 17.5 Å². The first-order chi connectivity index (χ1) is 15.8. The minimum Gasteiger partial charge on any atom is -0.467 e. The Labute approximate surface area is 187 Å². The van der Waals surface area contributed by atoms with Gasteiger partial charge in [-0.15, -0.1) is 0 Å². The molecule has 4 rings (SSSR count). The molecule has 3 heterocycles. The number of rotatable bonds is 6. The van der Waals surface area contributed by atoms with Crippen molar-refractivity contribution in [3.8, 4) is 11.4 Å². The molecule has 1 aliphatic rings. The highest BCUT2D eigenvalue weighted by Gasteiger charge is 2.31. The monoisotopic (exact) mass is 464 g/mol. The molecule has 0 radical (unpaired) electrons. The minimum absolute atomic E-state index is 0.120. The van der Waals surface area contributed by atoms with Gasteiger partial charge >= 0.3 is 12.1 Å². The summed E-state index contributed by atoms with van der Waals surface area (Å²) in [6, 6.07) is 6.25. The molecule has 0 amide bonds. The van der Waals surface area contributed by atoms with Gasteiger partial charge in [-0.1, -0.05) is 17.3 Å². The molecule has 0 bridgehead atoms. The highest BCUT2D eigenvalue weighted by molar-refractivity contribution is 5.90. The van der Waals surface area contributed by atoms with E-state index in [2.05, 4.69) is 19.9 Å². The third kappa shape index (κ3) is 5.09. The normalized spacial score (nSPS) is 16.6. The average molecular weight is 464 g/mol. The number of furan rings is 1. The van der Waals surface area contributed by atoms with E-state index >= 15 is 0 Å². The van der Waals surface area contributed by atoms with Crippen LogP contribution in [0.2, 0.25) is 0 Å². The Balaban J connectivity index is 1.37. The summed E-state index contributed by atoms with van der Waals surface area (Å²) in [4.78, 5) is 20.5. The molecular formula is C22H23F3N4O4. The van der Waals surface area contributed by atoms with Gasteiger partial charge in [-0.2, -0.15) is 18.2 Å². The third-order valence-electron chi connectivity index (χ3n) is 5.72. The lowest BCUT2D eigenvalue weighted by atomic mass is 10.1. The zero-order valence-electron chi connectivity index (χ0n) is 18.1. The molecule has 1 aliphatic heterocycles. The number of alkyl halides is 3. The van der Waals surface area contributed by atoms with Gasteiger partial charge in [-0.3, -0.25) is 9.80 Å². The second-order valence-corrected chi connectivity index (χ2v) is 7.77. The van der Waals surface area contributed by atoms with Crippen LogP contribution >= 0.6 is 0 Å². The fourth-order valence-electron chi connectivity index (χ4n) is 3.78. The van der Waals surface area contributed by atoms with Crippen molar-refractivity contribution >= 4 is 5.97 Å². The summed E-state index contributed by atoms with van der Waals surface area (Å²) in [6.45, 7) is 5.26. The molecule has 176 valence electrons. The Bertz CT molecular complexity index is 1100. The Kier molecular flexibility index (Phi) is 6.52. The van der Waals surface area contributed by atoms with Crippen LogP contribution in [0, 0.1) is 0 Å². The average Bonchev–Trinajstić information content (AvgIpc) is 3.48. The summed E-state index contributed by atoms with van der Waals surface area (Å²) in [5.41, 5.74) is -0.0968. The lowest BCUT2D eigenvalue weighted by Crippen LogP contribution is -2.46. The Morgan fingerprint density at radius 2 is 1.97 bits per heavy atom. The first-order valence-corrected chi connectivity index (χ1v) is 10.4. The number of piperazine rings is 1. The predicted molar refractivity (Wildman–Crippen MR) is 110 cm³/mol. The summed E-state index contributed by atoms with van der Waals surface area (Å²) in [5.74, 6) is 0.592. The maximum atomic E-state index is 13.0. The first-order valence-electron chi connectivity index (χ1n) is 10.4. The van der Waals surface area contributed by atoms with Crippen LogP contribution in [0.15, 0.2) is 45.5 Å². The smallest absolute Gasteiger partial charge is 0.416 e. The molecular weight excluding hydrogens is 441 g/mol. The summed E-state index contributed by atoms with van der Waals surface area (Å²) < 4.78 is 54.5. The largest absolute Gasteiger partial charge is 0.467 e. The Hall–Kier alpha value is -3.18. The summed E-state index contributed by atoms with van der Waals surface area (Å²) >= 11 is 0. The minimum atomic E-state index is -4.44. The van der Waals surface area contributed by atoms with Gasteiger partial charge in [0.05, 0.1) is 31.5 Å². The van der Waals surface area contributed by atoms with Crippen LogP contribution in [0.1, 0.15) is 40.5 Å². The predicted octanol–water partition coefficient (Wildman–Crippen LogP) is 4.01. The molecule has 0 spiro atoms. The van der Waals surface area contributed by atoms with E-state index in [9.17, 15) is 18.0 Å². The third-order valence-corrected chi connectivity index (χ3v) is 5.72. The number of carbonyl (C=O) groups is 1. The standard InChI is InChI=1S/C22H23F3N4O4/c1-14(20-26-19(27-33-20)15-4-3-5-16(12-15)22(23,24)25)29-9-7-28(8-10-29)13-18-17(6-11-32-18)21(30)31-2/h3-6,11-12,14H,7-10,13H2,1-2H3. The van der Waals surface area contributed by atoms with Crippen molar-refractivity contribution in [2.45, 2.75) is 25.7 Å². The van der Waals surface area contributed by atoms with Gasteiger partial charge < -0.3 is 13.7 Å². The van der Waals surface area contributed by atoms with Crippen molar-refractivity contribution in [3.63, 3.8) is 0 Å². The number of nitrogens with zero attached hydrogens (tertiary/aromatic N) is 4. The lowest BCUT2D eigenvalue weighted by Gasteiger charge is -2.36. The van der Waals surface area contributed by atoms with Gasteiger partial charge in [0, 0.05) is 31.7 Å². The van der Waals surface area contributed by atoms with Crippen molar-refractivity contribution in [2.75, 3.05) is 33.3 Å². The van der Waals surface area contributed by atoms with E-state index in [0.717, 1.165) is 25.2 Å². The first kappa shape index (κ1) is 23.0. The van der Waals surface area contributed by atoms with E-state index in [1.807, 2.05) is 6.92 Å². The number of aromatic nitrogens is 2. The van der Waals surface area contributed by atoms with Crippen molar-refractivity contribution in [3.05, 3.63) is 59.4 Å². The number of methoxy groups -OCH3 is 1. The number of esters is 1. The highest BCUT2D eigenvalue weighted by Crippen LogP contribution is 2.32. The van der Waals surface area contributed by atoms with E-state index in [-0.39, 0.29) is 17.4 Å². The summed E-state index contributed by atoms with van der Waals surface area (Å²) in [5, 5.41) is 3.88. The van der Waals surface area contributed by atoms with Crippen LogP contribution in [0.4, 0.5) is 13.2 Å². The number of hydrogen-bond acceptors (Lipinski definition) is 8. The quantitative estimate of drug-likeness (QED) is 0.506. The number of benzene rings is 1. The fraction of sp³-hybridized carbons (Fsp3) is 0.409. The van der Waals surface area contributed by atoms with E-state index in [4.69, 9.17) is 13.7 Å². The number of ether oxygens (including phenoxy) is 1. The number of halogens is 3. The molecule has 3 aromatic rings. The Morgan fingerprint density at radius 3 is 2.67 bits per heavy atom. The van der Waals surface area contributed by atoms with Crippen molar-refractivity contribution < 1.29 is 31.6 Å². The molecule has 1 saturated heterocycles. The fourth-order valence-corrected chi connectivity index (χ4v) is 3.78. The summed E-state index contributed by atoms with van der Waals surface area (Å²) in [7, 11) is 1.33. The topological polar surface area (TPSA) is 84.8 Å². The number of carbonyl (C=O) groups excluding carboxylic acids is 1. The molecule has 8 nitrogen and oxygen atoms in total. The van der Waals surface area contributed by atoms with Gasteiger partial charge in [-0.25, -0.2) is 4.79 Å². The highest BCUT2D eigenvalue weighted by atomic mass is 19.4. The zero-order chi connectivity index (χ0) is 23.6.